The zero-order chi connectivity index (χ0) is 12.5. The fraction of sp³-hybridized carbons (Fsp3) is 0.571. The van der Waals surface area contributed by atoms with Crippen molar-refractivity contribution < 1.29 is 4.74 Å². The minimum absolute atomic E-state index is 0.488. The van der Waals surface area contributed by atoms with Crippen LogP contribution in [0.1, 0.15) is 26.3 Å². The Labute approximate surface area is 105 Å². The third-order valence-corrected chi connectivity index (χ3v) is 2.59. The highest BCUT2D eigenvalue weighted by atomic mass is 16.5. The molecule has 0 amide bonds. The van der Waals surface area contributed by atoms with Crippen LogP contribution in [0.2, 0.25) is 0 Å². The molecule has 0 fully saturated rings. The fourth-order valence-corrected chi connectivity index (χ4v) is 1.60. The van der Waals surface area contributed by atoms with Crippen LogP contribution in [0.25, 0.3) is 0 Å². The summed E-state index contributed by atoms with van der Waals surface area (Å²) in [5.41, 5.74) is 1.29. The Morgan fingerprint density at radius 3 is 2.47 bits per heavy atom. The van der Waals surface area contributed by atoms with E-state index in [2.05, 4.69) is 36.6 Å². The molecule has 1 unspecified atom stereocenters. The van der Waals surface area contributed by atoms with Gasteiger partial charge in [0.25, 0.3) is 0 Å². The second-order valence-electron chi connectivity index (χ2n) is 4.17. The van der Waals surface area contributed by atoms with Crippen molar-refractivity contribution in [3.05, 3.63) is 29.8 Å². The van der Waals surface area contributed by atoms with Crippen molar-refractivity contribution in [3.8, 4) is 5.75 Å². The molecular weight excluding hydrogens is 212 g/mol. The van der Waals surface area contributed by atoms with Crippen LogP contribution in [0.5, 0.6) is 5.75 Å². The Kier molecular flexibility index (Phi) is 6.67. The number of hydrogen-bond donors (Lipinski definition) is 2. The van der Waals surface area contributed by atoms with E-state index in [0.29, 0.717) is 6.04 Å². The van der Waals surface area contributed by atoms with E-state index in [1.807, 2.05) is 19.1 Å². The van der Waals surface area contributed by atoms with E-state index < -0.39 is 0 Å². The largest absolute Gasteiger partial charge is 0.494 e. The van der Waals surface area contributed by atoms with E-state index in [-0.39, 0.29) is 0 Å². The average molecular weight is 236 g/mol. The van der Waals surface area contributed by atoms with Gasteiger partial charge in [-0.05, 0) is 38.1 Å². The first-order valence-corrected chi connectivity index (χ1v) is 6.42. The van der Waals surface area contributed by atoms with E-state index >= 15 is 0 Å². The second kappa shape index (κ2) is 8.09. The Hall–Kier alpha value is -1.06. The summed E-state index contributed by atoms with van der Waals surface area (Å²) < 4.78 is 5.41. The van der Waals surface area contributed by atoms with Gasteiger partial charge < -0.3 is 15.4 Å². The van der Waals surface area contributed by atoms with Crippen LogP contribution < -0.4 is 15.4 Å². The molecule has 1 aromatic carbocycles. The topological polar surface area (TPSA) is 33.3 Å². The van der Waals surface area contributed by atoms with Crippen molar-refractivity contribution in [1.29, 1.82) is 0 Å². The number of likely N-dealkylation sites (N-methyl/N-ethyl adjacent to an activating group) is 1. The van der Waals surface area contributed by atoms with Crippen LogP contribution in [-0.4, -0.2) is 25.7 Å². The van der Waals surface area contributed by atoms with E-state index in [1.165, 1.54) is 5.56 Å². The van der Waals surface area contributed by atoms with Gasteiger partial charge >= 0.3 is 0 Å². The average Bonchev–Trinajstić information content (AvgIpc) is 2.36. The van der Waals surface area contributed by atoms with E-state index in [9.17, 15) is 0 Å². The summed E-state index contributed by atoms with van der Waals surface area (Å²) in [7, 11) is 0. The molecule has 0 radical (unpaired) electrons. The van der Waals surface area contributed by atoms with Crippen molar-refractivity contribution in [3.63, 3.8) is 0 Å². The molecule has 1 rings (SSSR count). The summed E-state index contributed by atoms with van der Waals surface area (Å²) in [5, 5.41) is 6.81. The summed E-state index contributed by atoms with van der Waals surface area (Å²) in [6.45, 7) is 9.97. The molecular formula is C14H24N2O. The first-order valence-electron chi connectivity index (χ1n) is 6.42. The molecule has 0 aromatic heterocycles. The van der Waals surface area contributed by atoms with Gasteiger partial charge in [-0.1, -0.05) is 19.1 Å². The van der Waals surface area contributed by atoms with E-state index in [1.54, 1.807) is 0 Å². The van der Waals surface area contributed by atoms with Crippen LogP contribution in [0.15, 0.2) is 24.3 Å². The number of benzene rings is 1. The van der Waals surface area contributed by atoms with Gasteiger partial charge in [-0.2, -0.15) is 0 Å². The number of nitrogens with one attached hydrogen (secondary N) is 2. The summed E-state index contributed by atoms with van der Waals surface area (Å²) in [5.74, 6) is 0.942. The minimum Gasteiger partial charge on any atom is -0.494 e. The second-order valence-corrected chi connectivity index (χ2v) is 4.17. The highest BCUT2D eigenvalue weighted by molar-refractivity contribution is 5.27. The van der Waals surface area contributed by atoms with Gasteiger partial charge in [0.2, 0.25) is 0 Å². The van der Waals surface area contributed by atoms with Crippen molar-refractivity contribution in [2.75, 3.05) is 19.7 Å². The zero-order valence-corrected chi connectivity index (χ0v) is 11.1. The molecule has 3 nitrogen and oxygen atoms in total. The molecule has 1 atom stereocenters. The molecule has 3 heteroatoms. The lowest BCUT2D eigenvalue weighted by atomic mass is 10.2. The monoisotopic (exact) mass is 236 g/mol. The predicted molar refractivity (Wildman–Crippen MR) is 72.5 cm³/mol. The van der Waals surface area contributed by atoms with Crippen LogP contribution in [0, 0.1) is 0 Å². The summed E-state index contributed by atoms with van der Waals surface area (Å²) >= 11 is 0. The maximum absolute atomic E-state index is 5.41. The highest BCUT2D eigenvalue weighted by Crippen LogP contribution is 2.11. The van der Waals surface area contributed by atoms with E-state index in [0.717, 1.165) is 32.0 Å². The van der Waals surface area contributed by atoms with Gasteiger partial charge in [0.1, 0.15) is 5.75 Å². The standard InChI is InChI=1S/C14H24N2O/c1-4-15-10-12(3)16-11-13-6-8-14(9-7-13)17-5-2/h6-9,12,15-16H,4-5,10-11H2,1-3H3. The molecule has 1 aromatic rings. The van der Waals surface area contributed by atoms with Gasteiger partial charge in [0.05, 0.1) is 6.61 Å². The zero-order valence-electron chi connectivity index (χ0n) is 11.1. The van der Waals surface area contributed by atoms with Crippen molar-refractivity contribution in [1.82, 2.24) is 10.6 Å². The smallest absolute Gasteiger partial charge is 0.119 e. The third kappa shape index (κ3) is 5.71. The molecule has 96 valence electrons. The normalized spacial score (nSPS) is 12.4. The predicted octanol–water partition coefficient (Wildman–Crippen LogP) is 2.17. The SMILES string of the molecule is CCNCC(C)NCc1ccc(OCC)cc1. The van der Waals surface area contributed by atoms with Crippen LogP contribution in [0.3, 0.4) is 0 Å². The molecule has 0 bridgehead atoms. The molecule has 17 heavy (non-hydrogen) atoms. The molecule has 0 aliphatic heterocycles. The van der Waals surface area contributed by atoms with Gasteiger partial charge in [-0.15, -0.1) is 0 Å². The molecule has 0 saturated heterocycles. The molecule has 0 spiro atoms. The number of ether oxygens (including phenoxy) is 1. The fourth-order valence-electron chi connectivity index (χ4n) is 1.60. The van der Waals surface area contributed by atoms with Gasteiger partial charge in [-0.25, -0.2) is 0 Å². The molecule has 0 saturated carbocycles. The molecule has 0 heterocycles. The lowest BCUT2D eigenvalue weighted by molar-refractivity contribution is 0.340. The minimum atomic E-state index is 0.488. The van der Waals surface area contributed by atoms with Crippen LogP contribution in [0.4, 0.5) is 0 Å². The van der Waals surface area contributed by atoms with Crippen LogP contribution >= 0.6 is 0 Å². The number of hydrogen-bond acceptors (Lipinski definition) is 3. The first-order chi connectivity index (χ1) is 8.26. The van der Waals surface area contributed by atoms with Crippen molar-refractivity contribution in [2.45, 2.75) is 33.4 Å². The third-order valence-electron chi connectivity index (χ3n) is 2.59. The Morgan fingerprint density at radius 2 is 1.88 bits per heavy atom. The lowest BCUT2D eigenvalue weighted by Gasteiger charge is -2.14. The van der Waals surface area contributed by atoms with Crippen molar-refractivity contribution in [2.24, 2.45) is 0 Å². The summed E-state index contributed by atoms with van der Waals surface area (Å²) in [6.07, 6.45) is 0. The van der Waals surface area contributed by atoms with Crippen molar-refractivity contribution >= 4 is 0 Å². The highest BCUT2D eigenvalue weighted by Gasteiger charge is 2.00. The molecule has 2 N–H and O–H groups in total. The summed E-state index contributed by atoms with van der Waals surface area (Å²) in [4.78, 5) is 0. The molecule has 0 aliphatic rings. The Balaban J connectivity index is 2.31. The van der Waals surface area contributed by atoms with Gasteiger partial charge in [0, 0.05) is 19.1 Å². The quantitative estimate of drug-likeness (QED) is 0.726. The maximum atomic E-state index is 5.41. The summed E-state index contributed by atoms with van der Waals surface area (Å²) in [6, 6.07) is 8.75. The van der Waals surface area contributed by atoms with Gasteiger partial charge in [-0.3, -0.25) is 0 Å². The number of rotatable bonds is 8. The Morgan fingerprint density at radius 1 is 1.18 bits per heavy atom. The molecule has 0 aliphatic carbocycles. The first kappa shape index (κ1) is 14.0. The van der Waals surface area contributed by atoms with Crippen LogP contribution in [-0.2, 0) is 6.54 Å². The Bertz CT molecular complexity index is 298. The van der Waals surface area contributed by atoms with Gasteiger partial charge in [0.15, 0.2) is 0 Å². The maximum Gasteiger partial charge on any atom is 0.119 e. The van der Waals surface area contributed by atoms with E-state index in [4.69, 9.17) is 4.74 Å². The lowest BCUT2D eigenvalue weighted by Crippen LogP contribution is -2.35.